The van der Waals surface area contributed by atoms with E-state index in [0.717, 1.165) is 23.4 Å². The Morgan fingerprint density at radius 2 is 2.25 bits per heavy atom. The lowest BCUT2D eigenvalue weighted by Gasteiger charge is -1.89. The molecule has 0 fully saturated rings. The van der Waals surface area contributed by atoms with Crippen molar-refractivity contribution in [2.45, 2.75) is 6.42 Å². The maximum absolute atomic E-state index is 5.68. The number of fused-ring (bicyclic) bond motifs is 1. The molecule has 0 bridgehead atoms. The average molecular weight is 230 g/mol. The summed E-state index contributed by atoms with van der Waals surface area (Å²) in [5.74, 6) is 0.739. The van der Waals surface area contributed by atoms with Gasteiger partial charge in [0.25, 0.3) is 0 Å². The van der Waals surface area contributed by atoms with Gasteiger partial charge in [-0.2, -0.15) is 0 Å². The van der Waals surface area contributed by atoms with Gasteiger partial charge < -0.3 is 10.2 Å². The van der Waals surface area contributed by atoms with E-state index in [0.29, 0.717) is 5.69 Å². The quantitative estimate of drug-likeness (QED) is 0.688. The zero-order valence-electron chi connectivity index (χ0n) is 8.51. The van der Waals surface area contributed by atoms with Gasteiger partial charge >= 0.3 is 0 Å². The zero-order valence-corrected chi connectivity index (χ0v) is 9.33. The van der Waals surface area contributed by atoms with Gasteiger partial charge in [0.05, 0.1) is 6.42 Å². The molecule has 1 aromatic carbocycles. The fourth-order valence-electron chi connectivity index (χ4n) is 1.63. The molecule has 0 aliphatic carbocycles. The number of rotatable bonds is 2. The van der Waals surface area contributed by atoms with E-state index in [4.69, 9.17) is 10.2 Å². The van der Waals surface area contributed by atoms with E-state index >= 15 is 0 Å². The second-order valence-electron chi connectivity index (χ2n) is 3.59. The lowest BCUT2D eigenvalue weighted by molar-refractivity contribution is 0.545. The summed E-state index contributed by atoms with van der Waals surface area (Å²) in [4.78, 5) is 5.66. The largest absolute Gasteiger partial charge is 0.440 e. The molecule has 0 atom stereocenters. The molecule has 0 unspecified atom stereocenters. The van der Waals surface area contributed by atoms with Crippen LogP contribution in [0.1, 0.15) is 10.8 Å². The molecule has 3 aromatic rings. The van der Waals surface area contributed by atoms with Crippen LogP contribution >= 0.6 is 11.3 Å². The lowest BCUT2D eigenvalue weighted by Crippen LogP contribution is -1.83. The molecule has 2 aromatic heterocycles. The molecule has 0 radical (unpaired) electrons. The lowest BCUT2D eigenvalue weighted by atomic mass is 10.3. The molecule has 0 aliphatic rings. The van der Waals surface area contributed by atoms with Crippen LogP contribution in [0.4, 0.5) is 5.69 Å². The van der Waals surface area contributed by atoms with Gasteiger partial charge in [-0.3, -0.25) is 0 Å². The molecular weight excluding hydrogens is 220 g/mol. The third kappa shape index (κ3) is 1.67. The molecular formula is C12H10N2OS. The van der Waals surface area contributed by atoms with E-state index in [2.05, 4.69) is 16.4 Å². The van der Waals surface area contributed by atoms with Crippen molar-refractivity contribution in [3.05, 3.63) is 46.5 Å². The summed E-state index contributed by atoms with van der Waals surface area (Å²) < 4.78 is 5.64. The molecule has 0 spiro atoms. The zero-order chi connectivity index (χ0) is 11.0. The number of oxazole rings is 1. The Balaban J connectivity index is 1.99. The van der Waals surface area contributed by atoms with Crippen molar-refractivity contribution in [3.63, 3.8) is 0 Å². The van der Waals surface area contributed by atoms with Crippen LogP contribution in [0.25, 0.3) is 11.1 Å². The van der Waals surface area contributed by atoms with Crippen LogP contribution in [0.2, 0.25) is 0 Å². The highest BCUT2D eigenvalue weighted by Crippen LogP contribution is 2.21. The minimum atomic E-state index is 0.700. The van der Waals surface area contributed by atoms with Crippen molar-refractivity contribution in [1.82, 2.24) is 4.98 Å². The molecule has 0 amide bonds. The number of aromatic nitrogens is 1. The fourth-order valence-corrected chi connectivity index (χ4v) is 2.32. The Kier molecular flexibility index (Phi) is 2.15. The van der Waals surface area contributed by atoms with Gasteiger partial charge in [-0.1, -0.05) is 6.07 Å². The monoisotopic (exact) mass is 230 g/mol. The van der Waals surface area contributed by atoms with E-state index in [1.54, 1.807) is 17.4 Å². The van der Waals surface area contributed by atoms with E-state index in [-0.39, 0.29) is 0 Å². The first-order valence-corrected chi connectivity index (χ1v) is 5.86. The van der Waals surface area contributed by atoms with Gasteiger partial charge in [0.1, 0.15) is 5.52 Å². The van der Waals surface area contributed by atoms with Gasteiger partial charge in [-0.05, 0) is 23.6 Å². The van der Waals surface area contributed by atoms with Crippen molar-refractivity contribution in [2.24, 2.45) is 0 Å². The van der Waals surface area contributed by atoms with E-state index in [9.17, 15) is 0 Å². The third-order valence-electron chi connectivity index (χ3n) is 2.36. The third-order valence-corrected chi connectivity index (χ3v) is 3.24. The van der Waals surface area contributed by atoms with Crippen molar-refractivity contribution in [1.29, 1.82) is 0 Å². The smallest absolute Gasteiger partial charge is 0.200 e. The number of benzene rings is 1. The van der Waals surface area contributed by atoms with E-state index < -0.39 is 0 Å². The number of anilines is 1. The van der Waals surface area contributed by atoms with Gasteiger partial charge in [0, 0.05) is 16.6 Å². The van der Waals surface area contributed by atoms with E-state index in [1.807, 2.05) is 18.2 Å². The van der Waals surface area contributed by atoms with Gasteiger partial charge in [-0.25, -0.2) is 4.98 Å². The molecule has 3 nitrogen and oxygen atoms in total. The molecule has 16 heavy (non-hydrogen) atoms. The number of thiophene rings is 1. The van der Waals surface area contributed by atoms with Gasteiger partial charge in [0.2, 0.25) is 5.89 Å². The van der Waals surface area contributed by atoms with Crippen LogP contribution in [0, 0.1) is 0 Å². The molecule has 2 heterocycles. The highest BCUT2D eigenvalue weighted by atomic mass is 32.1. The summed E-state index contributed by atoms with van der Waals surface area (Å²) in [6.45, 7) is 0. The summed E-state index contributed by atoms with van der Waals surface area (Å²) in [5, 5.41) is 2.05. The van der Waals surface area contributed by atoms with Gasteiger partial charge in [0.15, 0.2) is 5.58 Å². The minimum Gasteiger partial charge on any atom is -0.440 e. The maximum Gasteiger partial charge on any atom is 0.200 e. The number of hydrogen-bond acceptors (Lipinski definition) is 4. The second kappa shape index (κ2) is 3.64. The first kappa shape index (κ1) is 9.42. The predicted molar refractivity (Wildman–Crippen MR) is 65.5 cm³/mol. The predicted octanol–water partition coefficient (Wildman–Crippen LogP) is 3.06. The first-order valence-electron chi connectivity index (χ1n) is 4.98. The molecule has 0 saturated carbocycles. The Hall–Kier alpha value is -1.81. The fraction of sp³-hybridized carbons (Fsp3) is 0.0833. The number of nitrogens with zero attached hydrogens (tertiary/aromatic N) is 1. The highest BCUT2D eigenvalue weighted by Gasteiger charge is 2.07. The topological polar surface area (TPSA) is 52.0 Å². The molecule has 0 saturated heterocycles. The van der Waals surface area contributed by atoms with E-state index in [1.165, 1.54) is 4.88 Å². The van der Waals surface area contributed by atoms with Crippen molar-refractivity contribution >= 4 is 28.1 Å². The van der Waals surface area contributed by atoms with Crippen LogP contribution < -0.4 is 5.73 Å². The summed E-state index contributed by atoms with van der Waals surface area (Å²) in [7, 11) is 0. The van der Waals surface area contributed by atoms with Crippen LogP contribution in [-0.4, -0.2) is 4.98 Å². The Bertz CT molecular complexity index is 613. The number of nitrogen functional groups attached to an aromatic ring is 1. The highest BCUT2D eigenvalue weighted by molar-refractivity contribution is 7.09. The normalized spacial score (nSPS) is 11.0. The summed E-state index contributed by atoms with van der Waals surface area (Å²) in [5.41, 5.74) is 8.00. The standard InChI is InChI=1S/C12H10N2OS/c13-8-3-4-10-11(6-8)15-12(14-10)7-9-2-1-5-16-9/h1-6H,7,13H2. The van der Waals surface area contributed by atoms with Crippen LogP contribution in [0.3, 0.4) is 0 Å². The van der Waals surface area contributed by atoms with Gasteiger partial charge in [-0.15, -0.1) is 11.3 Å². The van der Waals surface area contributed by atoms with Crippen molar-refractivity contribution in [2.75, 3.05) is 5.73 Å². The summed E-state index contributed by atoms with van der Waals surface area (Å²) >= 11 is 1.71. The maximum atomic E-state index is 5.68. The summed E-state index contributed by atoms with van der Waals surface area (Å²) in [6, 6.07) is 9.63. The molecule has 4 heteroatoms. The Morgan fingerprint density at radius 3 is 3.06 bits per heavy atom. The van der Waals surface area contributed by atoms with Crippen molar-refractivity contribution < 1.29 is 4.42 Å². The number of nitrogens with two attached hydrogens (primary N) is 1. The van der Waals surface area contributed by atoms with Crippen molar-refractivity contribution in [3.8, 4) is 0 Å². The summed E-state index contributed by atoms with van der Waals surface area (Å²) in [6.07, 6.45) is 0.742. The second-order valence-corrected chi connectivity index (χ2v) is 4.62. The molecule has 0 aliphatic heterocycles. The molecule has 3 rings (SSSR count). The van der Waals surface area contributed by atoms with Crippen LogP contribution in [0.15, 0.2) is 40.1 Å². The Morgan fingerprint density at radius 1 is 1.31 bits per heavy atom. The number of hydrogen-bond donors (Lipinski definition) is 1. The molecule has 80 valence electrons. The first-order chi connectivity index (χ1) is 7.81. The van der Waals surface area contributed by atoms with Crippen LogP contribution in [0.5, 0.6) is 0 Å². The Labute approximate surface area is 96.5 Å². The van der Waals surface area contributed by atoms with Crippen LogP contribution in [-0.2, 0) is 6.42 Å². The minimum absolute atomic E-state index is 0.700. The average Bonchev–Trinajstić information content (AvgIpc) is 2.86. The SMILES string of the molecule is Nc1ccc2nc(Cc3cccs3)oc2c1. The molecule has 2 N–H and O–H groups in total.